The maximum atomic E-state index is 13.6. The Hall–Kier alpha value is -3.59. The number of aromatic nitrogens is 3. The van der Waals surface area contributed by atoms with E-state index in [-0.39, 0.29) is 42.3 Å². The molecule has 0 bridgehead atoms. The van der Waals surface area contributed by atoms with Gasteiger partial charge in [0, 0.05) is 44.5 Å². The Balaban J connectivity index is 1.64. The van der Waals surface area contributed by atoms with Crippen molar-refractivity contribution in [2.45, 2.75) is 26.6 Å². The molecule has 1 aliphatic heterocycles. The highest BCUT2D eigenvalue weighted by atomic mass is 16.5. The van der Waals surface area contributed by atoms with Gasteiger partial charge in [-0.25, -0.2) is 4.68 Å². The van der Waals surface area contributed by atoms with E-state index in [1.807, 2.05) is 26.0 Å². The van der Waals surface area contributed by atoms with E-state index in [0.717, 1.165) is 10.2 Å². The summed E-state index contributed by atoms with van der Waals surface area (Å²) in [5.74, 6) is -0.260. The third-order valence-corrected chi connectivity index (χ3v) is 5.77. The molecular weight excluding hydrogens is 434 g/mol. The van der Waals surface area contributed by atoms with Crippen LogP contribution < -0.4 is 5.56 Å². The highest BCUT2D eigenvalue weighted by Crippen LogP contribution is 2.18. The number of hydrogen-bond acceptors (Lipinski definition) is 6. The number of benzene rings is 1. The molecule has 1 saturated heterocycles. The molecule has 0 saturated carbocycles. The van der Waals surface area contributed by atoms with Gasteiger partial charge in [-0.05, 0) is 23.6 Å². The molecule has 4 rings (SSSR count). The Bertz CT molecular complexity index is 1240. The molecule has 34 heavy (non-hydrogen) atoms. The van der Waals surface area contributed by atoms with Crippen LogP contribution in [0.3, 0.4) is 0 Å². The molecule has 0 aliphatic carbocycles. The molecule has 0 spiro atoms. The predicted octanol–water partition coefficient (Wildman–Crippen LogP) is 1.85. The van der Waals surface area contributed by atoms with Gasteiger partial charge in [-0.1, -0.05) is 38.1 Å². The summed E-state index contributed by atoms with van der Waals surface area (Å²) < 4.78 is 7.32. The number of fused-ring (bicyclic) bond motifs is 1. The van der Waals surface area contributed by atoms with E-state index in [0.29, 0.717) is 30.5 Å². The summed E-state index contributed by atoms with van der Waals surface area (Å²) in [4.78, 5) is 46.6. The standard InChI is InChI=1S/C25H29N5O4/c1-17(2)12-29-13-19(34-16-18-7-6-10-26-11-18)14-30(15-22(29)31)25(33)23-20-8-4-5-9-21(20)24(32)28(3)27-23/h4-11,17,19H,12-16H2,1-3H3. The van der Waals surface area contributed by atoms with E-state index < -0.39 is 5.91 Å². The van der Waals surface area contributed by atoms with Crippen molar-refractivity contribution in [2.24, 2.45) is 13.0 Å². The molecule has 2 amide bonds. The van der Waals surface area contributed by atoms with Gasteiger partial charge in [-0.15, -0.1) is 0 Å². The van der Waals surface area contributed by atoms with Crippen molar-refractivity contribution >= 4 is 22.6 Å². The highest BCUT2D eigenvalue weighted by molar-refractivity contribution is 6.05. The van der Waals surface area contributed by atoms with Crippen molar-refractivity contribution in [3.05, 3.63) is 70.4 Å². The molecule has 178 valence electrons. The second kappa shape index (κ2) is 10.1. The monoisotopic (exact) mass is 463 g/mol. The smallest absolute Gasteiger partial charge is 0.275 e. The first kappa shape index (κ1) is 23.6. The van der Waals surface area contributed by atoms with E-state index in [1.165, 1.54) is 11.9 Å². The Labute approximate surface area is 197 Å². The van der Waals surface area contributed by atoms with Crippen LogP contribution >= 0.6 is 0 Å². The molecule has 3 heterocycles. The molecule has 1 atom stereocenters. The zero-order valence-corrected chi connectivity index (χ0v) is 19.7. The molecule has 9 nitrogen and oxygen atoms in total. The predicted molar refractivity (Wildman–Crippen MR) is 127 cm³/mol. The largest absolute Gasteiger partial charge is 0.370 e. The Morgan fingerprint density at radius 3 is 2.59 bits per heavy atom. The number of ether oxygens (including phenoxy) is 1. The van der Waals surface area contributed by atoms with E-state index in [2.05, 4.69) is 10.1 Å². The van der Waals surface area contributed by atoms with Crippen molar-refractivity contribution in [1.82, 2.24) is 24.6 Å². The van der Waals surface area contributed by atoms with Gasteiger partial charge in [0.15, 0.2) is 5.69 Å². The van der Waals surface area contributed by atoms with Crippen LogP contribution in [0.25, 0.3) is 10.8 Å². The van der Waals surface area contributed by atoms with Gasteiger partial charge in [0.2, 0.25) is 5.91 Å². The minimum Gasteiger partial charge on any atom is -0.370 e. The van der Waals surface area contributed by atoms with Crippen molar-refractivity contribution < 1.29 is 14.3 Å². The number of pyridine rings is 1. The Morgan fingerprint density at radius 2 is 1.88 bits per heavy atom. The molecule has 9 heteroatoms. The van der Waals surface area contributed by atoms with E-state index >= 15 is 0 Å². The van der Waals surface area contributed by atoms with Gasteiger partial charge in [-0.2, -0.15) is 5.10 Å². The van der Waals surface area contributed by atoms with Crippen molar-refractivity contribution in [1.29, 1.82) is 0 Å². The van der Waals surface area contributed by atoms with Crippen LogP contribution in [0.1, 0.15) is 29.9 Å². The molecule has 1 fully saturated rings. The number of carbonyl (C=O) groups is 2. The molecule has 1 aromatic carbocycles. The molecule has 0 N–H and O–H groups in total. The highest BCUT2D eigenvalue weighted by Gasteiger charge is 2.33. The van der Waals surface area contributed by atoms with Crippen molar-refractivity contribution in [2.75, 3.05) is 26.2 Å². The fraction of sp³-hybridized carbons (Fsp3) is 0.400. The van der Waals surface area contributed by atoms with E-state index in [9.17, 15) is 14.4 Å². The normalized spacial score (nSPS) is 16.8. The molecule has 1 unspecified atom stereocenters. The fourth-order valence-electron chi connectivity index (χ4n) is 4.16. The minimum absolute atomic E-state index is 0.0723. The maximum Gasteiger partial charge on any atom is 0.275 e. The Kier molecular flexibility index (Phi) is 7.02. The number of aryl methyl sites for hydroxylation is 1. The fourth-order valence-corrected chi connectivity index (χ4v) is 4.16. The van der Waals surface area contributed by atoms with Crippen LogP contribution in [0, 0.1) is 5.92 Å². The number of amides is 2. The first-order valence-corrected chi connectivity index (χ1v) is 11.4. The summed E-state index contributed by atoms with van der Waals surface area (Å²) in [7, 11) is 1.52. The van der Waals surface area contributed by atoms with Crippen LogP contribution in [-0.2, 0) is 23.2 Å². The van der Waals surface area contributed by atoms with Gasteiger partial charge in [0.25, 0.3) is 11.5 Å². The molecular formula is C25H29N5O4. The number of nitrogens with zero attached hydrogens (tertiary/aromatic N) is 5. The first-order chi connectivity index (χ1) is 16.3. The summed E-state index contributed by atoms with van der Waals surface area (Å²) in [6.07, 6.45) is 3.05. The summed E-state index contributed by atoms with van der Waals surface area (Å²) in [5, 5.41) is 5.14. The lowest BCUT2D eigenvalue weighted by atomic mass is 10.1. The third-order valence-electron chi connectivity index (χ3n) is 5.77. The first-order valence-electron chi connectivity index (χ1n) is 11.4. The van der Waals surface area contributed by atoms with E-state index in [4.69, 9.17) is 4.74 Å². The molecule has 3 aromatic rings. The lowest BCUT2D eigenvalue weighted by Gasteiger charge is -2.26. The Morgan fingerprint density at radius 1 is 1.12 bits per heavy atom. The van der Waals surface area contributed by atoms with Crippen LogP contribution in [0.5, 0.6) is 0 Å². The number of hydrogen-bond donors (Lipinski definition) is 0. The van der Waals surface area contributed by atoms with Crippen LogP contribution in [0.15, 0.2) is 53.6 Å². The summed E-state index contributed by atoms with van der Waals surface area (Å²) in [6, 6.07) is 10.7. The minimum atomic E-state index is -0.401. The average molecular weight is 464 g/mol. The summed E-state index contributed by atoms with van der Waals surface area (Å²) in [5.41, 5.74) is 0.783. The van der Waals surface area contributed by atoms with Gasteiger partial charge >= 0.3 is 0 Å². The lowest BCUT2D eigenvalue weighted by Crippen LogP contribution is -2.41. The second-order valence-electron chi connectivity index (χ2n) is 9.00. The maximum absolute atomic E-state index is 13.6. The summed E-state index contributed by atoms with van der Waals surface area (Å²) >= 11 is 0. The third kappa shape index (κ3) is 5.14. The van der Waals surface area contributed by atoms with Crippen LogP contribution in [0.2, 0.25) is 0 Å². The second-order valence-corrected chi connectivity index (χ2v) is 9.00. The van der Waals surface area contributed by atoms with Crippen molar-refractivity contribution in [3.8, 4) is 0 Å². The van der Waals surface area contributed by atoms with Crippen molar-refractivity contribution in [3.63, 3.8) is 0 Å². The SMILES string of the molecule is CC(C)CN1CC(OCc2cccnc2)CN(C(=O)c2nn(C)c(=O)c3ccccc23)CC1=O. The molecule has 1 aliphatic rings. The molecule has 0 radical (unpaired) electrons. The number of carbonyl (C=O) groups excluding carboxylic acids is 2. The zero-order chi connectivity index (χ0) is 24.2. The number of rotatable bonds is 6. The zero-order valence-electron chi connectivity index (χ0n) is 19.7. The van der Waals surface area contributed by atoms with Gasteiger partial charge < -0.3 is 14.5 Å². The average Bonchev–Trinajstić information content (AvgIpc) is 2.98. The molecule has 2 aromatic heterocycles. The van der Waals surface area contributed by atoms with Crippen LogP contribution in [-0.4, -0.2) is 68.7 Å². The summed E-state index contributed by atoms with van der Waals surface area (Å²) in [6.45, 7) is 5.55. The topological polar surface area (TPSA) is 97.6 Å². The lowest BCUT2D eigenvalue weighted by molar-refractivity contribution is -0.132. The van der Waals surface area contributed by atoms with Crippen LogP contribution in [0.4, 0.5) is 0 Å². The van der Waals surface area contributed by atoms with E-state index in [1.54, 1.807) is 41.6 Å². The quantitative estimate of drug-likeness (QED) is 0.554. The van der Waals surface area contributed by atoms with Gasteiger partial charge in [0.1, 0.15) is 6.54 Å². The van der Waals surface area contributed by atoms with Gasteiger partial charge in [-0.3, -0.25) is 19.4 Å². The van der Waals surface area contributed by atoms with Gasteiger partial charge in [0.05, 0.1) is 18.1 Å².